The fraction of sp³-hybridized carbons (Fsp3) is 0.250. The lowest BCUT2D eigenvalue weighted by molar-refractivity contribution is -0.154. The Kier molecular flexibility index (Phi) is 4.06. The van der Waals surface area contributed by atoms with Gasteiger partial charge < -0.3 is 4.74 Å². The van der Waals surface area contributed by atoms with E-state index >= 15 is 0 Å². The molecule has 102 valence electrons. The second kappa shape index (κ2) is 4.88. The van der Waals surface area contributed by atoms with Crippen molar-refractivity contribution in [3.8, 4) is 5.75 Å². The Balaban J connectivity index is 3.10. The van der Waals surface area contributed by atoms with Crippen molar-refractivity contribution in [1.29, 1.82) is 0 Å². The first-order chi connectivity index (χ1) is 8.00. The van der Waals surface area contributed by atoms with Gasteiger partial charge in [0, 0.05) is 10.7 Å². The van der Waals surface area contributed by atoms with Crippen LogP contribution >= 0.6 is 10.7 Å². The molecule has 0 saturated carbocycles. The Bertz CT molecular complexity index is 531. The van der Waals surface area contributed by atoms with Crippen molar-refractivity contribution in [2.75, 3.05) is 6.61 Å². The third-order valence-electron chi connectivity index (χ3n) is 1.63. The second-order valence-electron chi connectivity index (χ2n) is 3.06. The summed E-state index contributed by atoms with van der Waals surface area (Å²) in [5.74, 6) is -4.52. The summed E-state index contributed by atoms with van der Waals surface area (Å²) in [6.45, 7) is -1.91. The van der Waals surface area contributed by atoms with E-state index in [-0.39, 0.29) is 12.1 Å². The summed E-state index contributed by atoms with van der Waals surface area (Å²) in [6.07, 6.45) is -4.78. The number of benzene rings is 1. The van der Waals surface area contributed by atoms with Crippen molar-refractivity contribution < 1.29 is 35.1 Å². The van der Waals surface area contributed by atoms with Crippen LogP contribution in [0.3, 0.4) is 0 Å². The molecule has 0 aliphatic rings. The summed E-state index contributed by atoms with van der Waals surface area (Å²) in [4.78, 5) is -0.918. The summed E-state index contributed by atoms with van der Waals surface area (Å²) in [6, 6.07) is 0.522. The third-order valence-corrected chi connectivity index (χ3v) is 2.97. The second-order valence-corrected chi connectivity index (χ2v) is 5.62. The minimum atomic E-state index is -4.78. The first kappa shape index (κ1) is 15.0. The molecule has 0 amide bonds. The molecule has 10 heteroatoms. The molecule has 0 heterocycles. The molecule has 1 aromatic rings. The Morgan fingerprint density at radius 2 is 1.61 bits per heavy atom. The van der Waals surface area contributed by atoms with Gasteiger partial charge in [-0.2, -0.15) is 13.2 Å². The van der Waals surface area contributed by atoms with Gasteiger partial charge in [0.25, 0.3) is 9.05 Å². The predicted molar refractivity (Wildman–Crippen MR) is 50.9 cm³/mol. The van der Waals surface area contributed by atoms with E-state index in [1.165, 1.54) is 0 Å². The maximum Gasteiger partial charge on any atom is 0.422 e. The summed E-state index contributed by atoms with van der Waals surface area (Å²) in [5.41, 5.74) is 0. The number of ether oxygens (including phenoxy) is 1. The molecule has 3 nitrogen and oxygen atoms in total. The molecule has 0 bridgehead atoms. The maximum absolute atomic E-state index is 13.2. The normalized spacial score (nSPS) is 12.6. The number of hydrogen-bond donors (Lipinski definition) is 0. The maximum atomic E-state index is 13.2. The molecule has 0 aliphatic carbocycles. The van der Waals surface area contributed by atoms with Crippen molar-refractivity contribution >= 4 is 19.7 Å². The number of hydrogen-bond acceptors (Lipinski definition) is 3. The minimum absolute atomic E-state index is 0.261. The van der Waals surface area contributed by atoms with Gasteiger partial charge in [0.05, 0.1) is 4.90 Å². The van der Waals surface area contributed by atoms with E-state index in [2.05, 4.69) is 4.74 Å². The van der Waals surface area contributed by atoms with Crippen LogP contribution in [0.5, 0.6) is 5.75 Å². The van der Waals surface area contributed by atoms with Gasteiger partial charge in [0.15, 0.2) is 24.0 Å². The topological polar surface area (TPSA) is 43.4 Å². The van der Waals surface area contributed by atoms with Crippen molar-refractivity contribution in [3.63, 3.8) is 0 Å². The van der Waals surface area contributed by atoms with E-state index < -0.39 is 44.1 Å². The highest BCUT2D eigenvalue weighted by Crippen LogP contribution is 2.28. The molecule has 0 spiro atoms. The lowest BCUT2D eigenvalue weighted by atomic mass is 10.3. The average Bonchev–Trinajstić information content (AvgIpc) is 2.12. The van der Waals surface area contributed by atoms with E-state index in [0.29, 0.717) is 0 Å². The molecule has 0 atom stereocenters. The third kappa shape index (κ3) is 3.98. The minimum Gasteiger partial charge on any atom is -0.478 e. The van der Waals surface area contributed by atoms with Crippen LogP contribution in [0.2, 0.25) is 0 Å². The van der Waals surface area contributed by atoms with Crippen molar-refractivity contribution in [1.82, 2.24) is 0 Å². The molecular weight excluding hydrogens is 307 g/mol. The van der Waals surface area contributed by atoms with Crippen LogP contribution in [0.25, 0.3) is 0 Å². The largest absolute Gasteiger partial charge is 0.478 e. The zero-order valence-electron chi connectivity index (χ0n) is 8.26. The van der Waals surface area contributed by atoms with Gasteiger partial charge >= 0.3 is 6.18 Å². The molecule has 0 aromatic heterocycles. The van der Waals surface area contributed by atoms with E-state index in [9.17, 15) is 30.4 Å². The van der Waals surface area contributed by atoms with E-state index in [1.807, 2.05) is 0 Å². The summed E-state index contributed by atoms with van der Waals surface area (Å²) < 4.78 is 87.1. The number of alkyl halides is 3. The molecular formula is C8H4ClF5O3S. The van der Waals surface area contributed by atoms with Crippen molar-refractivity contribution in [3.05, 3.63) is 23.8 Å². The van der Waals surface area contributed by atoms with Gasteiger partial charge in [-0.25, -0.2) is 17.2 Å². The highest BCUT2D eigenvalue weighted by molar-refractivity contribution is 8.13. The SMILES string of the molecule is O=S(=O)(Cl)c1cc(F)c(OCC(F)(F)F)c(F)c1. The van der Waals surface area contributed by atoms with Crippen LogP contribution in [0, 0.1) is 11.6 Å². The Hall–Kier alpha value is -1.09. The van der Waals surface area contributed by atoms with Gasteiger partial charge in [-0.3, -0.25) is 0 Å². The predicted octanol–water partition coefficient (Wildman–Crippen LogP) is 2.83. The first-order valence-corrected chi connectivity index (χ1v) is 6.45. The molecule has 18 heavy (non-hydrogen) atoms. The van der Waals surface area contributed by atoms with Gasteiger partial charge in [-0.1, -0.05) is 0 Å². The molecule has 0 fully saturated rings. The van der Waals surface area contributed by atoms with Gasteiger partial charge in [0.2, 0.25) is 0 Å². The average molecular weight is 311 g/mol. The molecule has 0 unspecified atom stereocenters. The van der Waals surface area contributed by atoms with E-state index in [0.717, 1.165) is 0 Å². The van der Waals surface area contributed by atoms with E-state index in [1.54, 1.807) is 0 Å². The molecule has 1 rings (SSSR count). The fourth-order valence-electron chi connectivity index (χ4n) is 0.969. The molecule has 1 aromatic carbocycles. The summed E-state index contributed by atoms with van der Waals surface area (Å²) in [7, 11) is 0.429. The first-order valence-electron chi connectivity index (χ1n) is 4.14. The van der Waals surface area contributed by atoms with Crippen LogP contribution in [0.15, 0.2) is 17.0 Å². The van der Waals surface area contributed by atoms with Gasteiger partial charge in [-0.15, -0.1) is 0 Å². The molecule has 0 radical (unpaired) electrons. The number of rotatable bonds is 3. The van der Waals surface area contributed by atoms with Gasteiger partial charge in [-0.05, 0) is 12.1 Å². The Morgan fingerprint density at radius 3 is 1.94 bits per heavy atom. The highest BCUT2D eigenvalue weighted by Gasteiger charge is 2.30. The highest BCUT2D eigenvalue weighted by atomic mass is 35.7. The molecule has 0 aliphatic heterocycles. The Labute approximate surface area is 103 Å². The van der Waals surface area contributed by atoms with Crippen molar-refractivity contribution in [2.45, 2.75) is 11.1 Å². The zero-order valence-corrected chi connectivity index (χ0v) is 9.84. The van der Waals surface area contributed by atoms with Crippen molar-refractivity contribution in [2.24, 2.45) is 0 Å². The Morgan fingerprint density at radius 1 is 1.17 bits per heavy atom. The molecule has 0 saturated heterocycles. The van der Waals surface area contributed by atoms with Crippen LogP contribution in [0.1, 0.15) is 0 Å². The number of halogens is 6. The van der Waals surface area contributed by atoms with Crippen LogP contribution < -0.4 is 4.74 Å². The van der Waals surface area contributed by atoms with Crippen LogP contribution in [0.4, 0.5) is 22.0 Å². The smallest absolute Gasteiger partial charge is 0.422 e. The summed E-state index contributed by atoms with van der Waals surface area (Å²) >= 11 is 0. The lowest BCUT2D eigenvalue weighted by Crippen LogP contribution is -2.20. The van der Waals surface area contributed by atoms with Crippen LogP contribution in [-0.4, -0.2) is 21.2 Å². The van der Waals surface area contributed by atoms with E-state index in [4.69, 9.17) is 10.7 Å². The lowest BCUT2D eigenvalue weighted by Gasteiger charge is -2.11. The zero-order chi connectivity index (χ0) is 14.1. The monoisotopic (exact) mass is 310 g/mol. The quantitative estimate of drug-likeness (QED) is 0.637. The molecule has 0 N–H and O–H groups in total. The fourth-order valence-corrected chi connectivity index (χ4v) is 1.73. The summed E-state index contributed by atoms with van der Waals surface area (Å²) in [5, 5.41) is 0. The standard InChI is InChI=1S/C8H4ClF5O3S/c9-18(15,16)4-1-5(10)7(6(11)2-4)17-3-8(12,13)14/h1-2H,3H2. The van der Waals surface area contributed by atoms with Gasteiger partial charge in [0.1, 0.15) is 0 Å². The van der Waals surface area contributed by atoms with Crippen LogP contribution in [-0.2, 0) is 9.05 Å².